The van der Waals surface area contributed by atoms with Gasteiger partial charge in [-0.05, 0) is 6.42 Å². The van der Waals surface area contributed by atoms with Crippen molar-refractivity contribution in [1.29, 1.82) is 0 Å². The molecule has 0 bridgehead atoms. The predicted octanol–water partition coefficient (Wildman–Crippen LogP) is -1.34. The van der Waals surface area contributed by atoms with E-state index in [1.54, 1.807) is 0 Å². The molecule has 0 spiro atoms. The van der Waals surface area contributed by atoms with Crippen LogP contribution in [0.2, 0.25) is 0 Å². The highest BCUT2D eigenvalue weighted by molar-refractivity contribution is 5.91. The first-order chi connectivity index (χ1) is 7.99. The van der Waals surface area contributed by atoms with Crippen LogP contribution in [0.5, 0.6) is 0 Å². The zero-order valence-electron chi connectivity index (χ0n) is 8.78. The van der Waals surface area contributed by atoms with E-state index in [0.717, 1.165) is 6.07 Å². The maximum Gasteiger partial charge on any atom is 0.326 e. The van der Waals surface area contributed by atoms with E-state index in [4.69, 9.17) is 5.11 Å². The van der Waals surface area contributed by atoms with Crippen LogP contribution in [0.25, 0.3) is 0 Å². The van der Waals surface area contributed by atoms with E-state index in [-0.39, 0.29) is 25.1 Å². The molecule has 8 heteroatoms. The van der Waals surface area contributed by atoms with Gasteiger partial charge < -0.3 is 15.4 Å². The number of carboxylic acids is 1. The predicted molar refractivity (Wildman–Crippen MR) is 56.9 cm³/mol. The van der Waals surface area contributed by atoms with Crippen LogP contribution in [0.4, 0.5) is 0 Å². The number of carboxylic acid groups (broad SMARTS) is 1. The molecule has 1 rings (SSSR count). The molecule has 17 heavy (non-hydrogen) atoms. The van der Waals surface area contributed by atoms with Gasteiger partial charge in [0.2, 0.25) is 0 Å². The van der Waals surface area contributed by atoms with Gasteiger partial charge in [0.15, 0.2) is 0 Å². The summed E-state index contributed by atoms with van der Waals surface area (Å²) >= 11 is 0. The average molecular weight is 241 g/mol. The fourth-order valence-corrected chi connectivity index (χ4v) is 1.13. The van der Waals surface area contributed by atoms with Gasteiger partial charge >= 0.3 is 11.7 Å². The normalized spacial score (nSPS) is 9.88. The van der Waals surface area contributed by atoms with Gasteiger partial charge in [0.25, 0.3) is 11.5 Å². The largest absolute Gasteiger partial charge is 0.481 e. The van der Waals surface area contributed by atoms with Crippen LogP contribution < -0.4 is 16.6 Å². The summed E-state index contributed by atoms with van der Waals surface area (Å²) in [6.07, 6.45) is 0.209. The molecule has 1 heterocycles. The number of carbonyl (C=O) groups is 2. The van der Waals surface area contributed by atoms with E-state index in [0.29, 0.717) is 0 Å². The number of hydrogen-bond acceptors (Lipinski definition) is 4. The maximum absolute atomic E-state index is 11.4. The summed E-state index contributed by atoms with van der Waals surface area (Å²) in [6.45, 7) is 0.153. The van der Waals surface area contributed by atoms with Gasteiger partial charge in [-0.3, -0.25) is 19.4 Å². The van der Waals surface area contributed by atoms with Crippen LogP contribution in [0.1, 0.15) is 23.3 Å². The SMILES string of the molecule is O=C(O)CCCNC(=O)c1cc(=O)[nH]c(=O)[nH]1. The van der Waals surface area contributed by atoms with Crippen LogP contribution in [0.3, 0.4) is 0 Å². The highest BCUT2D eigenvalue weighted by Crippen LogP contribution is 1.89. The van der Waals surface area contributed by atoms with Crippen molar-refractivity contribution in [3.63, 3.8) is 0 Å². The number of H-pyrrole nitrogens is 2. The Kier molecular flexibility index (Phi) is 4.21. The first kappa shape index (κ1) is 12.7. The third-order valence-electron chi connectivity index (χ3n) is 1.86. The van der Waals surface area contributed by atoms with Gasteiger partial charge in [-0.15, -0.1) is 0 Å². The molecule has 1 amide bonds. The highest BCUT2D eigenvalue weighted by Gasteiger charge is 2.07. The molecule has 0 aromatic carbocycles. The van der Waals surface area contributed by atoms with Crippen LogP contribution in [0, 0.1) is 0 Å². The fraction of sp³-hybridized carbons (Fsp3) is 0.333. The molecule has 0 saturated heterocycles. The van der Waals surface area contributed by atoms with Crippen LogP contribution >= 0.6 is 0 Å². The molecule has 0 radical (unpaired) electrons. The fourth-order valence-electron chi connectivity index (χ4n) is 1.13. The molecular formula is C9H11N3O5. The molecule has 0 aliphatic rings. The smallest absolute Gasteiger partial charge is 0.326 e. The third-order valence-corrected chi connectivity index (χ3v) is 1.86. The second kappa shape index (κ2) is 5.64. The molecule has 1 aromatic heterocycles. The average Bonchev–Trinajstić information content (AvgIpc) is 2.22. The molecule has 0 unspecified atom stereocenters. The van der Waals surface area contributed by atoms with Crippen molar-refractivity contribution in [2.75, 3.05) is 6.54 Å². The summed E-state index contributed by atoms with van der Waals surface area (Å²) < 4.78 is 0. The highest BCUT2D eigenvalue weighted by atomic mass is 16.4. The third kappa shape index (κ3) is 4.33. The molecule has 0 aliphatic heterocycles. The van der Waals surface area contributed by atoms with Crippen molar-refractivity contribution in [1.82, 2.24) is 15.3 Å². The Bertz CT molecular complexity index is 502. The quantitative estimate of drug-likeness (QED) is 0.473. The maximum atomic E-state index is 11.4. The summed E-state index contributed by atoms with van der Waals surface area (Å²) in [5.41, 5.74) is -1.60. The lowest BCUT2D eigenvalue weighted by atomic mass is 10.3. The van der Waals surface area contributed by atoms with Crippen LogP contribution in [-0.2, 0) is 4.79 Å². The van der Waals surface area contributed by atoms with Gasteiger partial charge in [0.05, 0.1) is 0 Å². The molecular weight excluding hydrogens is 230 g/mol. The number of carbonyl (C=O) groups excluding carboxylic acids is 1. The van der Waals surface area contributed by atoms with E-state index in [2.05, 4.69) is 10.3 Å². The van der Waals surface area contributed by atoms with Gasteiger partial charge in [-0.25, -0.2) is 4.79 Å². The van der Waals surface area contributed by atoms with E-state index >= 15 is 0 Å². The van der Waals surface area contributed by atoms with Crippen molar-refractivity contribution in [3.05, 3.63) is 32.6 Å². The second-order valence-corrected chi connectivity index (χ2v) is 3.25. The Morgan fingerprint density at radius 3 is 2.59 bits per heavy atom. The molecule has 4 N–H and O–H groups in total. The topological polar surface area (TPSA) is 132 Å². The van der Waals surface area contributed by atoms with Gasteiger partial charge in [0, 0.05) is 19.0 Å². The van der Waals surface area contributed by atoms with Crippen molar-refractivity contribution >= 4 is 11.9 Å². The molecule has 0 atom stereocenters. The number of nitrogens with one attached hydrogen (secondary N) is 3. The van der Waals surface area contributed by atoms with Crippen molar-refractivity contribution in [2.45, 2.75) is 12.8 Å². The van der Waals surface area contributed by atoms with Crippen LogP contribution in [-0.4, -0.2) is 33.5 Å². The van der Waals surface area contributed by atoms with Gasteiger partial charge in [-0.1, -0.05) is 0 Å². The van der Waals surface area contributed by atoms with E-state index < -0.39 is 23.1 Å². The Morgan fingerprint density at radius 1 is 1.29 bits per heavy atom. The Hall–Kier alpha value is -2.38. The number of aliphatic carboxylic acids is 1. The van der Waals surface area contributed by atoms with E-state index in [1.165, 1.54) is 0 Å². The molecule has 0 saturated carbocycles. The lowest BCUT2D eigenvalue weighted by molar-refractivity contribution is -0.137. The van der Waals surface area contributed by atoms with E-state index in [1.807, 2.05) is 4.98 Å². The number of hydrogen-bond donors (Lipinski definition) is 4. The summed E-state index contributed by atoms with van der Waals surface area (Å²) in [5.74, 6) is -1.58. The summed E-state index contributed by atoms with van der Waals surface area (Å²) in [6, 6.07) is 0.952. The Morgan fingerprint density at radius 2 is 2.00 bits per heavy atom. The number of rotatable bonds is 5. The van der Waals surface area contributed by atoms with Crippen molar-refractivity contribution in [2.24, 2.45) is 0 Å². The van der Waals surface area contributed by atoms with Crippen molar-refractivity contribution < 1.29 is 14.7 Å². The van der Waals surface area contributed by atoms with Gasteiger partial charge in [-0.2, -0.15) is 0 Å². The van der Waals surface area contributed by atoms with Gasteiger partial charge in [0.1, 0.15) is 5.69 Å². The summed E-state index contributed by atoms with van der Waals surface area (Å²) in [5, 5.41) is 10.7. The Balaban J connectivity index is 2.55. The molecule has 0 aliphatic carbocycles. The number of amides is 1. The monoisotopic (exact) mass is 241 g/mol. The standard InChI is InChI=1S/C9H11N3O5/c13-6-4-5(11-9(17)12-6)8(16)10-3-1-2-7(14)15/h4H,1-3H2,(H,10,16)(H,14,15)(H2,11,12,13,17). The Labute approximate surface area is 94.7 Å². The zero-order chi connectivity index (χ0) is 12.8. The molecule has 1 aromatic rings. The minimum absolute atomic E-state index is 0.0633. The minimum atomic E-state index is -0.955. The lowest BCUT2D eigenvalue weighted by Gasteiger charge is -2.02. The zero-order valence-corrected chi connectivity index (χ0v) is 8.78. The van der Waals surface area contributed by atoms with Crippen LogP contribution in [0.15, 0.2) is 15.7 Å². The van der Waals surface area contributed by atoms with E-state index in [9.17, 15) is 19.2 Å². The molecule has 92 valence electrons. The molecule has 0 fully saturated rings. The minimum Gasteiger partial charge on any atom is -0.481 e. The number of aromatic amines is 2. The second-order valence-electron chi connectivity index (χ2n) is 3.25. The first-order valence-electron chi connectivity index (χ1n) is 4.82. The lowest BCUT2D eigenvalue weighted by Crippen LogP contribution is -2.31. The summed E-state index contributed by atoms with van der Waals surface area (Å²) in [4.78, 5) is 47.5. The van der Waals surface area contributed by atoms with Crippen molar-refractivity contribution in [3.8, 4) is 0 Å². The summed E-state index contributed by atoms with van der Waals surface area (Å²) in [7, 11) is 0. The first-order valence-corrected chi connectivity index (χ1v) is 4.82. The number of aromatic nitrogens is 2. The molecule has 8 nitrogen and oxygen atoms in total.